The number of fused-ring (bicyclic) bond motifs is 1. The summed E-state index contributed by atoms with van der Waals surface area (Å²) in [5.74, 6) is -0.929. The van der Waals surface area contributed by atoms with Crippen molar-refractivity contribution in [2.75, 3.05) is 32.8 Å². The maximum absolute atomic E-state index is 12.8. The molecule has 1 aliphatic rings. The van der Waals surface area contributed by atoms with Crippen LogP contribution >= 0.6 is 11.6 Å². The van der Waals surface area contributed by atoms with E-state index in [1.807, 2.05) is 30.3 Å². The third-order valence-corrected chi connectivity index (χ3v) is 7.54. The van der Waals surface area contributed by atoms with Crippen molar-refractivity contribution in [1.29, 1.82) is 0 Å². The number of ether oxygens (including phenoxy) is 1. The van der Waals surface area contributed by atoms with Crippen molar-refractivity contribution < 1.29 is 22.7 Å². The van der Waals surface area contributed by atoms with Crippen molar-refractivity contribution in [3.63, 3.8) is 0 Å². The van der Waals surface area contributed by atoms with Crippen LogP contribution in [-0.4, -0.2) is 62.3 Å². The molecule has 0 bridgehead atoms. The summed E-state index contributed by atoms with van der Waals surface area (Å²) in [4.78, 5) is 26.7. The van der Waals surface area contributed by atoms with Crippen LogP contribution in [0.15, 0.2) is 71.6 Å². The molecule has 3 aromatic carbocycles. The Hall–Kier alpha value is -2.94. The smallest absolute Gasteiger partial charge is 0.339 e. The lowest BCUT2D eigenvalue weighted by atomic mass is 10.1. The molecule has 0 aliphatic carbocycles. The minimum absolute atomic E-state index is 0.158. The van der Waals surface area contributed by atoms with Crippen molar-refractivity contribution in [3.05, 3.63) is 77.3 Å². The first-order valence-electron chi connectivity index (χ1n) is 10.0. The van der Waals surface area contributed by atoms with Gasteiger partial charge in [0.2, 0.25) is 10.0 Å². The van der Waals surface area contributed by atoms with Gasteiger partial charge in [0.15, 0.2) is 6.61 Å². The van der Waals surface area contributed by atoms with Crippen LogP contribution in [0, 0.1) is 0 Å². The zero-order valence-corrected chi connectivity index (χ0v) is 18.7. The molecule has 0 spiro atoms. The monoisotopic (exact) mass is 472 g/mol. The Balaban J connectivity index is 1.34. The van der Waals surface area contributed by atoms with Gasteiger partial charge < -0.3 is 9.64 Å². The predicted octanol–water partition coefficient (Wildman–Crippen LogP) is 3.18. The molecule has 9 heteroatoms. The second-order valence-electron chi connectivity index (χ2n) is 7.34. The maximum atomic E-state index is 12.8. The molecule has 0 aromatic heterocycles. The highest BCUT2D eigenvalue weighted by Crippen LogP contribution is 2.21. The number of carbonyl (C=O) groups is 2. The molecule has 1 fully saturated rings. The van der Waals surface area contributed by atoms with E-state index in [0.717, 1.165) is 10.8 Å². The number of benzene rings is 3. The van der Waals surface area contributed by atoms with E-state index < -0.39 is 22.6 Å². The molecule has 0 atom stereocenters. The first-order chi connectivity index (χ1) is 15.4. The van der Waals surface area contributed by atoms with E-state index in [4.69, 9.17) is 16.3 Å². The molecule has 0 N–H and O–H groups in total. The molecule has 3 aromatic rings. The average molecular weight is 473 g/mol. The van der Waals surface area contributed by atoms with Gasteiger partial charge in [-0.2, -0.15) is 4.31 Å². The SMILES string of the molecule is O=C(OCC(=O)N1CCN(S(=O)(=O)c2ccc(Cl)cc2)CC1)c1cccc2ccccc12. The van der Waals surface area contributed by atoms with Crippen LogP contribution in [0.5, 0.6) is 0 Å². The predicted molar refractivity (Wildman–Crippen MR) is 121 cm³/mol. The Bertz CT molecular complexity index is 1250. The first kappa shape index (κ1) is 22.3. The van der Waals surface area contributed by atoms with Crippen LogP contribution < -0.4 is 0 Å². The molecule has 1 saturated heterocycles. The number of esters is 1. The highest BCUT2D eigenvalue weighted by Gasteiger charge is 2.30. The molecule has 7 nitrogen and oxygen atoms in total. The van der Waals surface area contributed by atoms with Crippen LogP contribution in [0.1, 0.15) is 10.4 Å². The number of sulfonamides is 1. The van der Waals surface area contributed by atoms with Crippen LogP contribution in [-0.2, 0) is 19.6 Å². The summed E-state index contributed by atoms with van der Waals surface area (Å²) in [5.41, 5.74) is 0.398. The summed E-state index contributed by atoms with van der Waals surface area (Å²) in [5, 5.41) is 2.12. The Morgan fingerprint density at radius 2 is 1.53 bits per heavy atom. The zero-order valence-electron chi connectivity index (χ0n) is 17.1. The number of rotatable bonds is 5. The van der Waals surface area contributed by atoms with E-state index in [9.17, 15) is 18.0 Å². The van der Waals surface area contributed by atoms with Crippen LogP contribution in [0.3, 0.4) is 0 Å². The topological polar surface area (TPSA) is 84.0 Å². The molecule has 0 saturated carbocycles. The second-order valence-corrected chi connectivity index (χ2v) is 9.72. The number of nitrogens with zero attached hydrogens (tertiary/aromatic N) is 2. The van der Waals surface area contributed by atoms with E-state index in [1.54, 1.807) is 12.1 Å². The van der Waals surface area contributed by atoms with E-state index >= 15 is 0 Å². The normalized spacial score (nSPS) is 15.0. The molecular formula is C23H21ClN2O5S. The minimum atomic E-state index is -3.66. The molecule has 32 heavy (non-hydrogen) atoms. The van der Waals surface area contributed by atoms with Crippen molar-refractivity contribution in [3.8, 4) is 0 Å². The van der Waals surface area contributed by atoms with Gasteiger partial charge in [0.25, 0.3) is 5.91 Å². The Kier molecular flexibility index (Phi) is 6.45. The van der Waals surface area contributed by atoms with Crippen molar-refractivity contribution in [2.45, 2.75) is 4.90 Å². The largest absolute Gasteiger partial charge is 0.452 e. The fourth-order valence-electron chi connectivity index (χ4n) is 3.63. The Morgan fingerprint density at radius 1 is 0.875 bits per heavy atom. The number of piperazine rings is 1. The van der Waals surface area contributed by atoms with E-state index in [0.29, 0.717) is 10.6 Å². The summed E-state index contributed by atoms with van der Waals surface area (Å²) in [6, 6.07) is 18.7. The van der Waals surface area contributed by atoms with Crippen molar-refractivity contribution in [1.82, 2.24) is 9.21 Å². The minimum Gasteiger partial charge on any atom is -0.452 e. The number of amides is 1. The zero-order chi connectivity index (χ0) is 22.7. The standard InChI is InChI=1S/C23H21ClN2O5S/c24-18-8-10-19(11-9-18)32(29,30)26-14-12-25(13-15-26)22(27)16-31-23(28)21-7-3-5-17-4-1-2-6-20(17)21/h1-11H,12-16H2. The maximum Gasteiger partial charge on any atom is 0.339 e. The van der Waals surface area contributed by atoms with Gasteiger partial charge in [-0.25, -0.2) is 13.2 Å². The Labute approximate surface area is 191 Å². The van der Waals surface area contributed by atoms with Gasteiger partial charge >= 0.3 is 5.97 Å². The lowest BCUT2D eigenvalue weighted by molar-refractivity contribution is -0.135. The summed E-state index contributed by atoms with van der Waals surface area (Å²) < 4.78 is 32.1. The quantitative estimate of drug-likeness (QED) is 0.532. The molecule has 1 amide bonds. The van der Waals surface area contributed by atoms with Crippen LogP contribution in [0.25, 0.3) is 10.8 Å². The molecule has 166 valence electrons. The average Bonchev–Trinajstić information content (AvgIpc) is 2.82. The molecule has 1 aliphatic heterocycles. The van der Waals surface area contributed by atoms with E-state index in [-0.39, 0.29) is 37.0 Å². The lowest BCUT2D eigenvalue weighted by Crippen LogP contribution is -2.51. The van der Waals surface area contributed by atoms with Gasteiger partial charge in [0, 0.05) is 31.2 Å². The molecular weight excluding hydrogens is 452 g/mol. The third kappa shape index (κ3) is 4.62. The summed E-state index contributed by atoms with van der Waals surface area (Å²) in [7, 11) is -3.66. The molecule has 0 unspecified atom stereocenters. The summed E-state index contributed by atoms with van der Waals surface area (Å²) in [6.07, 6.45) is 0. The van der Waals surface area contributed by atoms with E-state index in [2.05, 4.69) is 0 Å². The van der Waals surface area contributed by atoms with Gasteiger partial charge in [-0.1, -0.05) is 48.0 Å². The number of halogens is 1. The van der Waals surface area contributed by atoms with Gasteiger partial charge in [-0.15, -0.1) is 0 Å². The van der Waals surface area contributed by atoms with Gasteiger partial charge in [-0.3, -0.25) is 4.79 Å². The van der Waals surface area contributed by atoms with E-state index in [1.165, 1.54) is 33.5 Å². The second kappa shape index (κ2) is 9.28. The lowest BCUT2D eigenvalue weighted by Gasteiger charge is -2.33. The molecule has 4 rings (SSSR count). The van der Waals surface area contributed by atoms with Crippen LogP contribution in [0.4, 0.5) is 0 Å². The molecule has 1 heterocycles. The fraction of sp³-hybridized carbons (Fsp3) is 0.217. The highest BCUT2D eigenvalue weighted by atomic mass is 35.5. The summed E-state index contributed by atoms with van der Waals surface area (Å²) >= 11 is 5.83. The number of hydrogen-bond donors (Lipinski definition) is 0. The summed E-state index contributed by atoms with van der Waals surface area (Å²) in [6.45, 7) is 0.364. The first-order valence-corrected chi connectivity index (χ1v) is 11.9. The highest BCUT2D eigenvalue weighted by molar-refractivity contribution is 7.89. The fourth-order valence-corrected chi connectivity index (χ4v) is 5.18. The Morgan fingerprint density at radius 3 is 2.25 bits per heavy atom. The van der Waals surface area contributed by atoms with Crippen LogP contribution in [0.2, 0.25) is 5.02 Å². The van der Waals surface area contributed by atoms with Gasteiger partial charge in [0.1, 0.15) is 0 Å². The third-order valence-electron chi connectivity index (χ3n) is 5.38. The van der Waals surface area contributed by atoms with Gasteiger partial charge in [-0.05, 0) is 41.1 Å². The number of carbonyl (C=O) groups excluding carboxylic acids is 2. The van der Waals surface area contributed by atoms with Gasteiger partial charge in [0.05, 0.1) is 10.5 Å². The van der Waals surface area contributed by atoms with Crippen molar-refractivity contribution >= 4 is 44.3 Å². The molecule has 0 radical (unpaired) electrons. The van der Waals surface area contributed by atoms with Crippen molar-refractivity contribution in [2.24, 2.45) is 0 Å². The number of hydrogen-bond acceptors (Lipinski definition) is 5.